The van der Waals surface area contributed by atoms with Crippen LogP contribution in [0.15, 0.2) is 12.2 Å². The first-order valence-electron chi connectivity index (χ1n) is 10.9. The Morgan fingerprint density at radius 1 is 1.07 bits per heavy atom. The predicted octanol–water partition coefficient (Wildman–Crippen LogP) is 4.49. The molecule has 2 unspecified atom stereocenters. The number of carboxylic acid groups (broad SMARTS) is 2. The Morgan fingerprint density at radius 3 is 2.30 bits per heavy atom. The third-order valence-corrected chi connectivity index (χ3v) is 6.28. The monoisotopic (exact) mass is 446 g/mol. The Balaban J connectivity index is 4.61. The van der Waals surface area contributed by atoms with Crippen molar-refractivity contribution in [3.8, 4) is 0 Å². The fourth-order valence-electron chi connectivity index (χ4n) is 3.05. The SMILES string of the molecule is CCCCCCC(C(/C=C/CCCCCCCC(=O)O)SC[C@H](N)C(=O)O)[N+](=O)[O-]. The molecular weight excluding hydrogens is 408 g/mol. The van der Waals surface area contributed by atoms with Crippen LogP contribution in [0.25, 0.3) is 0 Å². The van der Waals surface area contributed by atoms with Crippen LogP contribution in [-0.2, 0) is 9.59 Å². The highest BCUT2D eigenvalue weighted by atomic mass is 32.2. The van der Waals surface area contributed by atoms with Crippen LogP contribution >= 0.6 is 11.8 Å². The van der Waals surface area contributed by atoms with Crippen molar-refractivity contribution in [3.05, 3.63) is 22.3 Å². The Kier molecular flexibility index (Phi) is 17.2. The largest absolute Gasteiger partial charge is 0.481 e. The smallest absolute Gasteiger partial charge is 0.321 e. The van der Waals surface area contributed by atoms with Crippen LogP contribution in [0.1, 0.15) is 84.0 Å². The summed E-state index contributed by atoms with van der Waals surface area (Å²) in [5.41, 5.74) is 5.58. The van der Waals surface area contributed by atoms with Gasteiger partial charge in [-0.3, -0.25) is 19.7 Å². The van der Waals surface area contributed by atoms with Crippen molar-refractivity contribution >= 4 is 23.7 Å². The maximum absolute atomic E-state index is 11.6. The summed E-state index contributed by atoms with van der Waals surface area (Å²) >= 11 is 1.25. The van der Waals surface area contributed by atoms with Gasteiger partial charge in [-0.25, -0.2) is 0 Å². The van der Waals surface area contributed by atoms with Crippen molar-refractivity contribution in [1.82, 2.24) is 0 Å². The molecule has 0 aromatic carbocycles. The van der Waals surface area contributed by atoms with Crippen molar-refractivity contribution < 1.29 is 24.7 Å². The van der Waals surface area contributed by atoms with E-state index in [1.165, 1.54) is 11.8 Å². The number of thioether (sulfide) groups is 1. The molecule has 3 atom stereocenters. The number of hydrogen-bond acceptors (Lipinski definition) is 6. The first-order valence-corrected chi connectivity index (χ1v) is 12.0. The summed E-state index contributed by atoms with van der Waals surface area (Å²) < 4.78 is 0. The number of hydrogen-bond donors (Lipinski definition) is 3. The van der Waals surface area contributed by atoms with Gasteiger partial charge in [0.05, 0.1) is 5.25 Å². The van der Waals surface area contributed by atoms with Gasteiger partial charge >= 0.3 is 11.9 Å². The van der Waals surface area contributed by atoms with Crippen molar-refractivity contribution in [2.75, 3.05) is 5.75 Å². The van der Waals surface area contributed by atoms with Gasteiger partial charge in [0.1, 0.15) is 6.04 Å². The van der Waals surface area contributed by atoms with Gasteiger partial charge < -0.3 is 15.9 Å². The molecule has 4 N–H and O–H groups in total. The maximum Gasteiger partial charge on any atom is 0.321 e. The van der Waals surface area contributed by atoms with Crippen molar-refractivity contribution in [2.24, 2.45) is 5.73 Å². The second-order valence-corrected chi connectivity index (χ2v) is 8.78. The van der Waals surface area contributed by atoms with Crippen molar-refractivity contribution in [3.63, 3.8) is 0 Å². The van der Waals surface area contributed by atoms with Gasteiger partial charge in [0, 0.05) is 23.5 Å². The van der Waals surface area contributed by atoms with E-state index in [2.05, 4.69) is 6.92 Å². The molecule has 8 nitrogen and oxygen atoms in total. The summed E-state index contributed by atoms with van der Waals surface area (Å²) in [5, 5.41) is 28.8. The quantitative estimate of drug-likeness (QED) is 0.107. The van der Waals surface area contributed by atoms with E-state index in [-0.39, 0.29) is 17.1 Å². The van der Waals surface area contributed by atoms with Gasteiger partial charge in [-0.2, -0.15) is 0 Å². The molecule has 30 heavy (non-hydrogen) atoms. The molecule has 0 aliphatic rings. The van der Waals surface area contributed by atoms with Crippen LogP contribution in [0, 0.1) is 10.1 Å². The van der Waals surface area contributed by atoms with E-state index in [0.717, 1.165) is 57.8 Å². The van der Waals surface area contributed by atoms with Crippen LogP contribution < -0.4 is 5.73 Å². The first kappa shape index (κ1) is 28.4. The summed E-state index contributed by atoms with van der Waals surface area (Å²) in [6.45, 7) is 2.09. The lowest BCUT2D eigenvalue weighted by Gasteiger charge is -2.19. The van der Waals surface area contributed by atoms with Gasteiger partial charge in [-0.15, -0.1) is 11.8 Å². The molecule has 0 radical (unpaired) electrons. The molecular formula is C21H38N2O6S. The Morgan fingerprint density at radius 2 is 1.70 bits per heavy atom. The molecule has 174 valence electrons. The normalized spacial score (nSPS) is 14.5. The van der Waals surface area contributed by atoms with Gasteiger partial charge in [-0.05, 0) is 25.7 Å². The van der Waals surface area contributed by atoms with Crippen LogP contribution in [0.5, 0.6) is 0 Å². The lowest BCUT2D eigenvalue weighted by Crippen LogP contribution is -2.36. The minimum Gasteiger partial charge on any atom is -0.481 e. The van der Waals surface area contributed by atoms with Gasteiger partial charge in [0.25, 0.3) is 0 Å². The minimum absolute atomic E-state index is 0.132. The first-order chi connectivity index (χ1) is 14.3. The molecule has 0 aliphatic carbocycles. The average molecular weight is 447 g/mol. The molecule has 0 amide bonds. The number of carboxylic acids is 2. The summed E-state index contributed by atoms with van der Waals surface area (Å²) in [4.78, 5) is 32.8. The molecule has 0 bridgehead atoms. The fourth-order valence-corrected chi connectivity index (χ4v) is 4.30. The molecule has 0 aromatic rings. The van der Waals surface area contributed by atoms with Crippen LogP contribution in [0.3, 0.4) is 0 Å². The summed E-state index contributed by atoms with van der Waals surface area (Å²) in [6.07, 6.45) is 13.6. The highest BCUT2D eigenvalue weighted by Crippen LogP contribution is 2.24. The molecule has 0 spiro atoms. The highest BCUT2D eigenvalue weighted by Gasteiger charge is 2.30. The summed E-state index contributed by atoms with van der Waals surface area (Å²) in [7, 11) is 0. The number of nitro groups is 1. The van der Waals surface area contributed by atoms with E-state index in [1.807, 2.05) is 12.2 Å². The zero-order valence-corrected chi connectivity index (χ0v) is 18.9. The highest BCUT2D eigenvalue weighted by molar-refractivity contribution is 8.00. The second-order valence-electron chi connectivity index (χ2n) is 7.57. The number of unbranched alkanes of at least 4 members (excludes halogenated alkanes) is 8. The van der Waals surface area contributed by atoms with Crippen LogP contribution in [0.2, 0.25) is 0 Å². The third-order valence-electron chi connectivity index (χ3n) is 4.88. The molecule has 0 fully saturated rings. The molecule has 0 aromatic heterocycles. The summed E-state index contributed by atoms with van der Waals surface area (Å²) in [6, 6.07) is -1.79. The molecule has 0 heterocycles. The molecule has 0 saturated heterocycles. The number of nitrogens with zero attached hydrogens (tertiary/aromatic N) is 1. The second kappa shape index (κ2) is 18.2. The van der Waals surface area contributed by atoms with Crippen LogP contribution in [0.4, 0.5) is 0 Å². The summed E-state index contributed by atoms with van der Waals surface area (Å²) in [5.74, 6) is -1.74. The Hall–Kier alpha value is -1.61. The molecule has 9 heteroatoms. The van der Waals surface area contributed by atoms with Crippen LogP contribution in [-0.4, -0.2) is 50.2 Å². The number of rotatable bonds is 20. The minimum atomic E-state index is -1.10. The molecule has 0 aliphatic heterocycles. The van der Waals surface area contributed by atoms with Gasteiger partial charge in [0.15, 0.2) is 0 Å². The van der Waals surface area contributed by atoms with Gasteiger partial charge in [-0.1, -0.05) is 57.6 Å². The Labute approximate surface area is 183 Å². The number of carbonyl (C=O) groups is 2. The van der Waals surface area contributed by atoms with Crippen molar-refractivity contribution in [2.45, 2.75) is 101 Å². The zero-order valence-electron chi connectivity index (χ0n) is 18.0. The van der Waals surface area contributed by atoms with E-state index >= 15 is 0 Å². The third kappa shape index (κ3) is 15.3. The lowest BCUT2D eigenvalue weighted by molar-refractivity contribution is -0.521. The van der Waals surface area contributed by atoms with E-state index < -0.39 is 29.3 Å². The Bertz CT molecular complexity index is 530. The lowest BCUT2D eigenvalue weighted by atomic mass is 10.0. The van der Waals surface area contributed by atoms with E-state index in [0.29, 0.717) is 12.8 Å². The number of allylic oxidation sites excluding steroid dienone is 1. The zero-order chi connectivity index (χ0) is 22.8. The number of nitrogens with two attached hydrogens (primary N) is 1. The fraction of sp³-hybridized carbons (Fsp3) is 0.810. The maximum atomic E-state index is 11.6. The predicted molar refractivity (Wildman–Crippen MR) is 120 cm³/mol. The van der Waals surface area contributed by atoms with Crippen molar-refractivity contribution in [1.29, 1.82) is 0 Å². The van der Waals surface area contributed by atoms with E-state index in [1.54, 1.807) is 0 Å². The average Bonchev–Trinajstić information content (AvgIpc) is 2.68. The van der Waals surface area contributed by atoms with Gasteiger partial charge in [0.2, 0.25) is 6.04 Å². The van der Waals surface area contributed by atoms with E-state index in [9.17, 15) is 19.7 Å². The molecule has 0 saturated carbocycles. The number of aliphatic carboxylic acids is 2. The molecule has 0 rings (SSSR count). The van der Waals surface area contributed by atoms with E-state index in [4.69, 9.17) is 15.9 Å². The topological polar surface area (TPSA) is 144 Å². The standard InChI is InChI=1S/C21H38N2O6S/c1-2-3-4-10-13-18(23(28)29)19(30-16-17(22)21(26)27)14-11-8-6-5-7-9-12-15-20(24)25/h11,14,17-19H,2-10,12-13,15-16,22H2,1H3,(H,24,25)(H,26,27)/b14-11+/t17-,18?,19?/m0/s1.